The van der Waals surface area contributed by atoms with Crippen molar-refractivity contribution >= 4 is 27.6 Å². The zero-order valence-corrected chi connectivity index (χ0v) is 19.1. The minimum Gasteiger partial charge on any atom is -0.465 e. The zero-order chi connectivity index (χ0) is 23.3. The van der Waals surface area contributed by atoms with Crippen LogP contribution in [0.4, 0.5) is 5.69 Å². The maximum Gasteiger partial charge on any atom is 0.340 e. The van der Waals surface area contributed by atoms with Gasteiger partial charge in [-0.15, -0.1) is 0 Å². The molecule has 1 saturated heterocycles. The highest BCUT2D eigenvalue weighted by atomic mass is 32.2. The second kappa shape index (κ2) is 10.1. The average Bonchev–Trinajstić information content (AvgIpc) is 2.82. The summed E-state index contributed by atoms with van der Waals surface area (Å²) < 4.78 is 41.8. The van der Waals surface area contributed by atoms with E-state index in [1.54, 1.807) is 30.3 Å². The fraction of sp³-hybridized carbons (Fsp3) is 0.364. The highest BCUT2D eigenvalue weighted by Crippen LogP contribution is 2.27. The first-order chi connectivity index (χ1) is 15.2. The highest BCUT2D eigenvalue weighted by Gasteiger charge is 2.25. The fourth-order valence-electron chi connectivity index (χ4n) is 3.21. The first kappa shape index (κ1) is 23.7. The number of anilines is 1. The molecule has 172 valence electrons. The number of methoxy groups -OCH3 is 1. The van der Waals surface area contributed by atoms with Crippen molar-refractivity contribution in [3.63, 3.8) is 0 Å². The van der Waals surface area contributed by atoms with Gasteiger partial charge >= 0.3 is 11.9 Å². The van der Waals surface area contributed by atoms with Gasteiger partial charge in [-0.25, -0.2) is 22.3 Å². The summed E-state index contributed by atoms with van der Waals surface area (Å²) in [4.78, 5) is 26.5. The summed E-state index contributed by atoms with van der Waals surface area (Å²) in [5.74, 6) is -1.10. The van der Waals surface area contributed by atoms with Crippen molar-refractivity contribution in [1.29, 1.82) is 0 Å². The number of esters is 2. The van der Waals surface area contributed by atoms with Gasteiger partial charge in [-0.3, -0.25) is 0 Å². The van der Waals surface area contributed by atoms with Crippen molar-refractivity contribution in [2.24, 2.45) is 0 Å². The minimum absolute atomic E-state index is 0.00823. The second-order valence-corrected chi connectivity index (χ2v) is 9.48. The van der Waals surface area contributed by atoms with Crippen molar-refractivity contribution in [3.8, 4) is 0 Å². The number of rotatable bonds is 7. The Bertz CT molecular complexity index is 1080. The van der Waals surface area contributed by atoms with E-state index < -0.39 is 22.0 Å². The van der Waals surface area contributed by atoms with Crippen LogP contribution in [0, 0.1) is 0 Å². The molecule has 9 nitrogen and oxygen atoms in total. The molecule has 0 aliphatic carbocycles. The Labute approximate surface area is 187 Å². The Morgan fingerprint density at radius 3 is 2.28 bits per heavy atom. The van der Waals surface area contributed by atoms with E-state index in [1.807, 2.05) is 4.90 Å². The number of carbonyl (C=O) groups excluding carboxylic acids is 2. The van der Waals surface area contributed by atoms with Crippen LogP contribution in [0.25, 0.3) is 0 Å². The third kappa shape index (κ3) is 5.26. The van der Waals surface area contributed by atoms with Gasteiger partial charge in [0.2, 0.25) is 10.0 Å². The zero-order valence-electron chi connectivity index (χ0n) is 18.2. The largest absolute Gasteiger partial charge is 0.465 e. The molecule has 2 aromatic rings. The average molecular weight is 463 g/mol. The molecule has 32 heavy (non-hydrogen) atoms. The molecule has 0 saturated carbocycles. The summed E-state index contributed by atoms with van der Waals surface area (Å²) >= 11 is 0. The van der Waals surface area contributed by atoms with Crippen LogP contribution >= 0.6 is 0 Å². The van der Waals surface area contributed by atoms with Crippen LogP contribution in [0.3, 0.4) is 0 Å². The predicted molar refractivity (Wildman–Crippen MR) is 117 cm³/mol. The molecular weight excluding hydrogens is 436 g/mol. The maximum absolute atomic E-state index is 13.0. The molecule has 3 rings (SSSR count). The standard InChI is InChI=1S/C22H26N2O7S/c1-23(2)32(27,28)18-8-9-20(24-10-12-30-13-11-24)19(14-18)22(26)31-15-16-4-6-17(7-5-16)21(25)29-3/h4-9,14H,10-13,15H2,1-3H3. The lowest BCUT2D eigenvalue weighted by Crippen LogP contribution is -2.37. The Hall–Kier alpha value is -2.95. The van der Waals surface area contributed by atoms with Crippen LogP contribution in [0.15, 0.2) is 47.4 Å². The molecule has 0 atom stereocenters. The summed E-state index contributed by atoms with van der Waals surface area (Å²) in [5, 5.41) is 0. The lowest BCUT2D eigenvalue weighted by atomic mass is 10.1. The summed E-state index contributed by atoms with van der Waals surface area (Å²) in [6, 6.07) is 11.0. The van der Waals surface area contributed by atoms with Crippen molar-refractivity contribution in [1.82, 2.24) is 4.31 Å². The van der Waals surface area contributed by atoms with Gasteiger partial charge in [0.25, 0.3) is 0 Å². The third-order valence-corrected chi connectivity index (χ3v) is 6.87. The molecule has 1 heterocycles. The van der Waals surface area contributed by atoms with Gasteiger partial charge in [0.1, 0.15) is 6.61 Å². The van der Waals surface area contributed by atoms with Crippen LogP contribution in [0.1, 0.15) is 26.3 Å². The molecule has 0 N–H and O–H groups in total. The molecule has 0 bridgehead atoms. The first-order valence-corrected chi connectivity index (χ1v) is 11.4. The van der Waals surface area contributed by atoms with Crippen molar-refractivity contribution < 1.29 is 32.2 Å². The fourth-order valence-corrected chi connectivity index (χ4v) is 4.14. The van der Waals surface area contributed by atoms with Crippen LogP contribution in [0.5, 0.6) is 0 Å². The molecule has 0 radical (unpaired) electrons. The highest BCUT2D eigenvalue weighted by molar-refractivity contribution is 7.89. The summed E-state index contributed by atoms with van der Waals surface area (Å²) in [7, 11) is 0.439. The van der Waals surface area contributed by atoms with E-state index in [0.717, 1.165) is 4.31 Å². The van der Waals surface area contributed by atoms with E-state index in [1.165, 1.54) is 33.3 Å². The van der Waals surface area contributed by atoms with E-state index in [9.17, 15) is 18.0 Å². The smallest absolute Gasteiger partial charge is 0.340 e. The number of hydrogen-bond acceptors (Lipinski definition) is 8. The quantitative estimate of drug-likeness (QED) is 0.575. The third-order valence-electron chi connectivity index (χ3n) is 5.06. The SMILES string of the molecule is COC(=O)c1ccc(COC(=O)c2cc(S(=O)(=O)N(C)C)ccc2N2CCOCC2)cc1. The number of hydrogen-bond donors (Lipinski definition) is 0. The molecule has 2 aromatic carbocycles. The second-order valence-electron chi connectivity index (χ2n) is 7.33. The molecule has 1 fully saturated rings. The van der Waals surface area contributed by atoms with E-state index >= 15 is 0 Å². The lowest BCUT2D eigenvalue weighted by Gasteiger charge is -2.30. The number of nitrogens with zero attached hydrogens (tertiary/aromatic N) is 2. The van der Waals surface area contributed by atoms with Crippen LogP contribution in [-0.2, 0) is 30.8 Å². The molecule has 0 spiro atoms. The molecule has 1 aliphatic rings. The Balaban J connectivity index is 1.85. The molecule has 0 amide bonds. The van der Waals surface area contributed by atoms with Crippen LogP contribution in [-0.4, -0.2) is 72.2 Å². The van der Waals surface area contributed by atoms with Gasteiger partial charge in [-0.2, -0.15) is 0 Å². The predicted octanol–water partition coefficient (Wildman–Crippen LogP) is 1.92. The van der Waals surface area contributed by atoms with Crippen LogP contribution < -0.4 is 4.90 Å². The minimum atomic E-state index is -3.72. The van der Waals surface area contributed by atoms with Gasteiger partial charge in [0.05, 0.1) is 42.0 Å². The van der Waals surface area contributed by atoms with Crippen molar-refractivity contribution in [2.75, 3.05) is 52.4 Å². The van der Waals surface area contributed by atoms with Gasteiger partial charge in [-0.05, 0) is 35.9 Å². The number of morpholine rings is 1. The summed E-state index contributed by atoms with van der Waals surface area (Å²) in [6.07, 6.45) is 0. The van der Waals surface area contributed by atoms with E-state index in [0.29, 0.717) is 43.1 Å². The monoisotopic (exact) mass is 462 g/mol. The maximum atomic E-state index is 13.0. The first-order valence-electron chi connectivity index (χ1n) is 9.97. The van der Waals surface area contributed by atoms with E-state index in [-0.39, 0.29) is 17.1 Å². The number of carbonyl (C=O) groups is 2. The molecule has 10 heteroatoms. The molecule has 0 unspecified atom stereocenters. The number of ether oxygens (including phenoxy) is 3. The van der Waals surface area contributed by atoms with E-state index in [2.05, 4.69) is 4.74 Å². The van der Waals surface area contributed by atoms with Crippen molar-refractivity contribution in [2.45, 2.75) is 11.5 Å². The van der Waals surface area contributed by atoms with E-state index in [4.69, 9.17) is 9.47 Å². The van der Waals surface area contributed by atoms with Gasteiger partial charge in [-0.1, -0.05) is 12.1 Å². The van der Waals surface area contributed by atoms with Gasteiger partial charge < -0.3 is 19.1 Å². The lowest BCUT2D eigenvalue weighted by molar-refractivity contribution is 0.0471. The summed E-state index contributed by atoms with van der Waals surface area (Å²) in [5.41, 5.74) is 1.83. The summed E-state index contributed by atoms with van der Waals surface area (Å²) in [6.45, 7) is 2.15. The number of sulfonamides is 1. The number of benzene rings is 2. The normalized spacial score (nSPS) is 14.3. The molecule has 0 aromatic heterocycles. The molecular formula is C22H26N2O7S. The molecule has 1 aliphatic heterocycles. The van der Waals surface area contributed by atoms with Gasteiger partial charge in [0, 0.05) is 27.2 Å². The topological polar surface area (TPSA) is 102 Å². The Morgan fingerprint density at radius 2 is 1.69 bits per heavy atom. The Morgan fingerprint density at radius 1 is 1.03 bits per heavy atom. The van der Waals surface area contributed by atoms with Gasteiger partial charge in [0.15, 0.2) is 0 Å². The Kier molecular flexibility index (Phi) is 7.49. The van der Waals surface area contributed by atoms with Crippen LogP contribution in [0.2, 0.25) is 0 Å². The van der Waals surface area contributed by atoms with Crippen molar-refractivity contribution in [3.05, 3.63) is 59.2 Å².